The molecule has 1 aliphatic heterocycles. The number of carbonyl (C=O) groups excluding carboxylic acids is 2. The maximum absolute atomic E-state index is 13.2. The van der Waals surface area contributed by atoms with E-state index in [1.807, 2.05) is 0 Å². The minimum Gasteiger partial charge on any atom is -0.338 e. The number of halogens is 3. The van der Waals surface area contributed by atoms with Gasteiger partial charge in [-0.1, -0.05) is 6.07 Å². The van der Waals surface area contributed by atoms with Gasteiger partial charge in [0.25, 0.3) is 5.91 Å². The fourth-order valence-corrected chi connectivity index (χ4v) is 4.23. The lowest BCUT2D eigenvalue weighted by Crippen LogP contribution is -2.39. The number of fused-ring (bicyclic) bond motifs is 1. The summed E-state index contributed by atoms with van der Waals surface area (Å²) in [5, 5.41) is 11.0. The molecule has 3 aromatic rings. The lowest BCUT2D eigenvalue weighted by molar-refractivity contribution is -0.137. The van der Waals surface area contributed by atoms with Crippen LogP contribution in [-0.4, -0.2) is 44.4 Å². The first kappa shape index (κ1) is 21.4. The summed E-state index contributed by atoms with van der Waals surface area (Å²) in [7, 11) is 0. The van der Waals surface area contributed by atoms with Crippen molar-refractivity contribution in [2.24, 2.45) is 5.92 Å². The highest BCUT2D eigenvalue weighted by Gasteiger charge is 2.33. The predicted molar refractivity (Wildman–Crippen MR) is 114 cm³/mol. The minimum absolute atomic E-state index is 0.0328. The Morgan fingerprint density at radius 1 is 1.06 bits per heavy atom. The number of nitrogens with one attached hydrogen (secondary N) is 1. The zero-order valence-electron chi connectivity index (χ0n) is 17.7. The van der Waals surface area contributed by atoms with Gasteiger partial charge in [0.1, 0.15) is 5.82 Å². The zero-order valence-corrected chi connectivity index (χ0v) is 17.7. The van der Waals surface area contributed by atoms with Gasteiger partial charge < -0.3 is 10.2 Å². The van der Waals surface area contributed by atoms with Crippen LogP contribution in [0.3, 0.4) is 0 Å². The molecule has 1 aliphatic carbocycles. The normalized spacial score (nSPS) is 19.0. The van der Waals surface area contributed by atoms with Crippen LogP contribution in [0.1, 0.15) is 53.3 Å². The van der Waals surface area contributed by atoms with Gasteiger partial charge in [-0.3, -0.25) is 14.0 Å². The molecule has 33 heavy (non-hydrogen) atoms. The molecular formula is C23H22F3N5O2. The van der Waals surface area contributed by atoms with Crippen molar-refractivity contribution in [3.8, 4) is 0 Å². The number of likely N-dealkylation sites (tertiary alicyclic amines) is 1. The van der Waals surface area contributed by atoms with Gasteiger partial charge in [-0.25, -0.2) is 0 Å². The third kappa shape index (κ3) is 4.42. The summed E-state index contributed by atoms with van der Waals surface area (Å²) in [6.07, 6.45) is -0.287. The fourth-order valence-electron chi connectivity index (χ4n) is 4.23. The minimum atomic E-state index is -4.47. The number of nitrogens with zero attached hydrogens (tertiary/aromatic N) is 4. The smallest absolute Gasteiger partial charge is 0.338 e. The molecule has 1 aromatic carbocycles. The van der Waals surface area contributed by atoms with Crippen LogP contribution in [0.4, 0.5) is 18.9 Å². The molecule has 10 heteroatoms. The van der Waals surface area contributed by atoms with Crippen LogP contribution in [0.2, 0.25) is 0 Å². The van der Waals surface area contributed by atoms with E-state index in [1.165, 1.54) is 10.5 Å². The van der Waals surface area contributed by atoms with Gasteiger partial charge in [0.15, 0.2) is 5.65 Å². The van der Waals surface area contributed by atoms with E-state index in [4.69, 9.17) is 0 Å². The average molecular weight is 457 g/mol. The number of rotatable bonds is 4. The number of anilines is 1. The Kier molecular flexibility index (Phi) is 5.30. The molecule has 2 aliphatic rings. The molecule has 0 spiro atoms. The molecule has 1 N–H and O–H groups in total. The predicted octanol–water partition coefficient (Wildman–Crippen LogP) is 4.12. The molecule has 1 saturated carbocycles. The first-order valence-corrected chi connectivity index (χ1v) is 10.9. The molecule has 3 heterocycles. The van der Waals surface area contributed by atoms with Gasteiger partial charge >= 0.3 is 6.18 Å². The van der Waals surface area contributed by atoms with E-state index >= 15 is 0 Å². The molecule has 1 saturated heterocycles. The second-order valence-corrected chi connectivity index (χ2v) is 8.64. The second kappa shape index (κ2) is 8.17. The van der Waals surface area contributed by atoms with Crippen LogP contribution < -0.4 is 5.32 Å². The lowest BCUT2D eigenvalue weighted by atomic mass is 9.96. The Labute approximate surface area is 187 Å². The van der Waals surface area contributed by atoms with E-state index in [9.17, 15) is 22.8 Å². The first-order valence-electron chi connectivity index (χ1n) is 10.9. The number of pyridine rings is 1. The highest BCUT2D eigenvalue weighted by Crippen LogP contribution is 2.32. The van der Waals surface area contributed by atoms with E-state index in [0.29, 0.717) is 48.7 Å². The zero-order chi connectivity index (χ0) is 23.2. The monoisotopic (exact) mass is 457 g/mol. The largest absolute Gasteiger partial charge is 0.417 e. The lowest BCUT2D eigenvalue weighted by Gasteiger charge is -2.32. The van der Waals surface area contributed by atoms with Gasteiger partial charge in [-0.05, 0) is 56.0 Å². The Bertz CT molecular complexity index is 1220. The van der Waals surface area contributed by atoms with Crippen molar-refractivity contribution in [1.82, 2.24) is 19.5 Å². The Hall–Kier alpha value is -3.43. The topological polar surface area (TPSA) is 79.6 Å². The Morgan fingerprint density at radius 3 is 2.64 bits per heavy atom. The second-order valence-electron chi connectivity index (χ2n) is 8.64. The van der Waals surface area contributed by atoms with Gasteiger partial charge in [0, 0.05) is 42.4 Å². The molecule has 1 unspecified atom stereocenters. The van der Waals surface area contributed by atoms with Crippen molar-refractivity contribution < 1.29 is 22.8 Å². The summed E-state index contributed by atoms with van der Waals surface area (Å²) in [6.45, 7) is 0.868. The van der Waals surface area contributed by atoms with E-state index in [0.717, 1.165) is 25.1 Å². The number of alkyl halides is 3. The van der Waals surface area contributed by atoms with Crippen LogP contribution in [0.15, 0.2) is 42.6 Å². The number of hydrogen-bond acceptors (Lipinski definition) is 4. The number of hydrogen-bond donors (Lipinski definition) is 1. The summed E-state index contributed by atoms with van der Waals surface area (Å²) in [4.78, 5) is 26.9. The number of benzene rings is 1. The quantitative estimate of drug-likeness (QED) is 0.639. The van der Waals surface area contributed by atoms with Crippen molar-refractivity contribution in [2.45, 2.75) is 37.8 Å². The molecule has 2 aromatic heterocycles. The standard InChI is InChI=1S/C23H22F3N5O2/c24-23(25,26)17-8-9-19-28-29-20(31(19)13-17)16-4-2-10-30(12-16)22(33)15-3-1-5-18(11-15)27-21(32)14-6-7-14/h1,3,5,8-9,11,13-14,16H,2,4,6-7,10,12H2,(H,27,32). The fraction of sp³-hybridized carbons (Fsp3) is 0.391. The van der Waals surface area contributed by atoms with Crippen LogP contribution in [-0.2, 0) is 11.0 Å². The molecule has 2 amide bonds. The molecule has 7 nitrogen and oxygen atoms in total. The number of carbonyl (C=O) groups is 2. The molecular weight excluding hydrogens is 435 g/mol. The summed E-state index contributed by atoms with van der Waals surface area (Å²) in [6, 6.07) is 9.11. The Balaban J connectivity index is 1.35. The van der Waals surface area contributed by atoms with Crippen LogP contribution in [0, 0.1) is 5.92 Å². The molecule has 0 bridgehead atoms. The maximum atomic E-state index is 13.2. The average Bonchev–Trinajstić information content (AvgIpc) is 3.57. The molecule has 172 valence electrons. The summed E-state index contributed by atoms with van der Waals surface area (Å²) in [5.41, 5.74) is 0.592. The van der Waals surface area contributed by atoms with Crippen LogP contribution in [0.5, 0.6) is 0 Å². The third-order valence-corrected chi connectivity index (χ3v) is 6.15. The molecule has 5 rings (SSSR count). The third-order valence-electron chi connectivity index (χ3n) is 6.15. The van der Waals surface area contributed by atoms with Crippen molar-refractivity contribution in [1.29, 1.82) is 0 Å². The molecule has 0 radical (unpaired) electrons. The number of piperidine rings is 1. The van der Waals surface area contributed by atoms with E-state index in [2.05, 4.69) is 15.5 Å². The Morgan fingerprint density at radius 2 is 1.88 bits per heavy atom. The van der Waals surface area contributed by atoms with Crippen molar-refractivity contribution >= 4 is 23.1 Å². The van der Waals surface area contributed by atoms with Crippen molar-refractivity contribution in [3.63, 3.8) is 0 Å². The van der Waals surface area contributed by atoms with Gasteiger partial charge in [0.05, 0.1) is 5.56 Å². The van der Waals surface area contributed by atoms with Crippen molar-refractivity contribution in [3.05, 3.63) is 59.5 Å². The highest BCUT2D eigenvalue weighted by atomic mass is 19.4. The summed E-state index contributed by atoms with van der Waals surface area (Å²) >= 11 is 0. The van der Waals surface area contributed by atoms with Gasteiger partial charge in [-0.15, -0.1) is 10.2 Å². The summed E-state index contributed by atoms with van der Waals surface area (Å²) < 4.78 is 40.9. The summed E-state index contributed by atoms with van der Waals surface area (Å²) in [5.74, 6) is 0.0163. The number of amides is 2. The first-order chi connectivity index (χ1) is 15.8. The number of aromatic nitrogens is 3. The highest BCUT2D eigenvalue weighted by molar-refractivity contribution is 5.98. The molecule has 2 fully saturated rings. The SMILES string of the molecule is O=C(Nc1cccc(C(=O)N2CCCC(c3nnc4ccc(C(F)(F)F)cn34)C2)c1)C1CC1. The van der Waals surface area contributed by atoms with E-state index in [1.54, 1.807) is 29.2 Å². The molecule has 1 atom stereocenters. The van der Waals surface area contributed by atoms with Gasteiger partial charge in [0.2, 0.25) is 5.91 Å². The van der Waals surface area contributed by atoms with E-state index < -0.39 is 11.7 Å². The van der Waals surface area contributed by atoms with Crippen LogP contribution in [0.25, 0.3) is 5.65 Å². The maximum Gasteiger partial charge on any atom is 0.417 e. The van der Waals surface area contributed by atoms with Gasteiger partial charge in [-0.2, -0.15) is 13.2 Å². The van der Waals surface area contributed by atoms with Crippen molar-refractivity contribution in [2.75, 3.05) is 18.4 Å². The van der Waals surface area contributed by atoms with Crippen LogP contribution >= 0.6 is 0 Å². The van der Waals surface area contributed by atoms with E-state index in [-0.39, 0.29) is 23.7 Å².